The number of alkyl halides is 3. The standard InChI is InChI=1S/C16H14F4N6O/c17-9-1-2-10-11(7-9)27-25-12(10)8-3-5-26(6-4-8)15-23-13(16(18,19)20)22-14(21)24-15/h1-2,7-8H,3-6H2,(H2,21,22,23,24). The summed E-state index contributed by atoms with van der Waals surface area (Å²) in [4.78, 5) is 12.1. The SMILES string of the molecule is Nc1nc(N2CCC(c3noc4cc(F)ccc34)CC2)nc(C(F)(F)F)n1. The van der Waals surface area contributed by atoms with Gasteiger partial charge in [-0.15, -0.1) is 0 Å². The number of benzene rings is 1. The molecule has 0 atom stereocenters. The van der Waals surface area contributed by atoms with Crippen LogP contribution in [-0.2, 0) is 6.18 Å². The van der Waals surface area contributed by atoms with Crippen molar-refractivity contribution in [2.75, 3.05) is 23.7 Å². The maximum Gasteiger partial charge on any atom is 0.451 e. The predicted molar refractivity (Wildman–Crippen MR) is 87.4 cm³/mol. The number of halogens is 4. The lowest BCUT2D eigenvalue weighted by atomic mass is 9.92. The zero-order valence-electron chi connectivity index (χ0n) is 13.9. The molecule has 7 nitrogen and oxygen atoms in total. The molecule has 2 aromatic heterocycles. The van der Waals surface area contributed by atoms with E-state index in [0.29, 0.717) is 31.5 Å². The lowest BCUT2D eigenvalue weighted by molar-refractivity contribution is -0.144. The van der Waals surface area contributed by atoms with Crippen LogP contribution in [0.3, 0.4) is 0 Å². The van der Waals surface area contributed by atoms with Gasteiger partial charge in [0.05, 0.1) is 5.69 Å². The van der Waals surface area contributed by atoms with E-state index in [0.717, 1.165) is 11.1 Å². The van der Waals surface area contributed by atoms with E-state index >= 15 is 0 Å². The summed E-state index contributed by atoms with van der Waals surface area (Å²) in [5, 5.41) is 4.78. The second kappa shape index (κ2) is 6.32. The number of nitrogens with two attached hydrogens (primary N) is 1. The van der Waals surface area contributed by atoms with E-state index in [-0.39, 0.29) is 11.9 Å². The highest BCUT2D eigenvalue weighted by molar-refractivity contribution is 5.79. The molecular formula is C16H14F4N6O. The predicted octanol–water partition coefficient (Wildman–Crippen LogP) is 3.14. The Kier molecular flexibility index (Phi) is 4.08. The molecular weight excluding hydrogens is 368 g/mol. The van der Waals surface area contributed by atoms with Crippen LogP contribution in [0, 0.1) is 5.82 Å². The molecule has 4 rings (SSSR count). The van der Waals surface area contributed by atoms with Crippen molar-refractivity contribution in [2.45, 2.75) is 24.9 Å². The van der Waals surface area contributed by atoms with Gasteiger partial charge in [-0.2, -0.15) is 28.1 Å². The number of anilines is 2. The topological polar surface area (TPSA) is 94.0 Å². The Hall–Kier alpha value is -2.98. The molecule has 27 heavy (non-hydrogen) atoms. The first-order valence-electron chi connectivity index (χ1n) is 8.20. The number of nitrogens with zero attached hydrogens (tertiary/aromatic N) is 5. The minimum Gasteiger partial charge on any atom is -0.368 e. The van der Waals surface area contributed by atoms with Crippen molar-refractivity contribution in [1.82, 2.24) is 20.1 Å². The van der Waals surface area contributed by atoms with E-state index < -0.39 is 23.8 Å². The number of hydrogen-bond donors (Lipinski definition) is 1. The molecule has 0 radical (unpaired) electrons. The highest BCUT2D eigenvalue weighted by Gasteiger charge is 2.36. The summed E-state index contributed by atoms with van der Waals surface area (Å²) in [5.41, 5.74) is 6.49. The molecule has 0 unspecified atom stereocenters. The number of fused-ring (bicyclic) bond motifs is 1. The quantitative estimate of drug-likeness (QED) is 0.681. The smallest absolute Gasteiger partial charge is 0.368 e. The zero-order valence-corrected chi connectivity index (χ0v) is 13.9. The highest BCUT2D eigenvalue weighted by atomic mass is 19.4. The van der Waals surface area contributed by atoms with Gasteiger partial charge in [0.15, 0.2) is 5.58 Å². The number of rotatable bonds is 2. The molecule has 0 bridgehead atoms. The van der Waals surface area contributed by atoms with Gasteiger partial charge in [0.25, 0.3) is 0 Å². The van der Waals surface area contributed by atoms with Crippen LogP contribution >= 0.6 is 0 Å². The number of piperidine rings is 1. The van der Waals surface area contributed by atoms with Gasteiger partial charge in [0.1, 0.15) is 5.82 Å². The average Bonchev–Trinajstić information content (AvgIpc) is 3.03. The van der Waals surface area contributed by atoms with Gasteiger partial charge < -0.3 is 15.2 Å². The van der Waals surface area contributed by atoms with Gasteiger partial charge in [0.2, 0.25) is 17.7 Å². The zero-order chi connectivity index (χ0) is 19.2. The Morgan fingerprint density at radius 1 is 1.11 bits per heavy atom. The van der Waals surface area contributed by atoms with Crippen LogP contribution < -0.4 is 10.6 Å². The Balaban J connectivity index is 1.53. The molecule has 1 fully saturated rings. The summed E-state index contributed by atoms with van der Waals surface area (Å²) < 4.78 is 57.1. The molecule has 3 aromatic rings. The van der Waals surface area contributed by atoms with Crippen LogP contribution in [0.1, 0.15) is 30.3 Å². The monoisotopic (exact) mass is 382 g/mol. The first kappa shape index (κ1) is 17.4. The second-order valence-electron chi connectivity index (χ2n) is 6.28. The molecule has 142 valence electrons. The van der Waals surface area contributed by atoms with E-state index in [2.05, 4.69) is 20.1 Å². The largest absolute Gasteiger partial charge is 0.451 e. The van der Waals surface area contributed by atoms with Crippen LogP contribution in [-0.4, -0.2) is 33.2 Å². The Labute approximate surface area is 150 Å². The minimum absolute atomic E-state index is 0.0363. The minimum atomic E-state index is -4.70. The molecule has 2 N–H and O–H groups in total. The van der Waals surface area contributed by atoms with Crippen molar-refractivity contribution < 1.29 is 22.1 Å². The third kappa shape index (κ3) is 3.36. The van der Waals surface area contributed by atoms with Gasteiger partial charge in [-0.3, -0.25) is 0 Å². The van der Waals surface area contributed by atoms with E-state index in [1.54, 1.807) is 11.0 Å². The Bertz CT molecular complexity index is 981. The molecule has 0 saturated carbocycles. The van der Waals surface area contributed by atoms with Crippen LogP contribution in [0.15, 0.2) is 22.7 Å². The van der Waals surface area contributed by atoms with Gasteiger partial charge in [-0.25, -0.2) is 4.39 Å². The van der Waals surface area contributed by atoms with Gasteiger partial charge >= 0.3 is 6.18 Å². The van der Waals surface area contributed by atoms with Crippen molar-refractivity contribution in [3.05, 3.63) is 35.5 Å². The fourth-order valence-corrected chi connectivity index (χ4v) is 3.23. The van der Waals surface area contributed by atoms with Crippen molar-refractivity contribution in [3.63, 3.8) is 0 Å². The van der Waals surface area contributed by atoms with E-state index in [1.807, 2.05) is 0 Å². The molecule has 1 aliphatic rings. The first-order valence-corrected chi connectivity index (χ1v) is 8.20. The van der Waals surface area contributed by atoms with Crippen LogP contribution in [0.25, 0.3) is 11.0 Å². The van der Waals surface area contributed by atoms with Crippen LogP contribution in [0.4, 0.5) is 29.5 Å². The summed E-state index contributed by atoms with van der Waals surface area (Å²) in [7, 11) is 0. The second-order valence-corrected chi connectivity index (χ2v) is 6.28. The van der Waals surface area contributed by atoms with Crippen LogP contribution in [0.2, 0.25) is 0 Å². The average molecular weight is 382 g/mol. The van der Waals surface area contributed by atoms with Crippen molar-refractivity contribution in [3.8, 4) is 0 Å². The summed E-state index contributed by atoms with van der Waals surface area (Å²) >= 11 is 0. The van der Waals surface area contributed by atoms with Gasteiger partial charge in [-0.05, 0) is 25.0 Å². The lowest BCUT2D eigenvalue weighted by Crippen LogP contribution is -2.35. The summed E-state index contributed by atoms with van der Waals surface area (Å²) in [6.45, 7) is 0.835. The fourth-order valence-electron chi connectivity index (χ4n) is 3.23. The van der Waals surface area contributed by atoms with E-state index in [1.165, 1.54) is 12.1 Å². The Morgan fingerprint density at radius 2 is 1.85 bits per heavy atom. The van der Waals surface area contributed by atoms with Crippen molar-refractivity contribution in [1.29, 1.82) is 0 Å². The summed E-state index contributed by atoms with van der Waals surface area (Å²) in [6, 6.07) is 4.22. The highest BCUT2D eigenvalue weighted by Crippen LogP contribution is 2.34. The maximum absolute atomic E-state index is 13.3. The molecule has 3 heterocycles. The van der Waals surface area contributed by atoms with E-state index in [9.17, 15) is 17.6 Å². The number of hydrogen-bond acceptors (Lipinski definition) is 7. The summed E-state index contributed by atoms with van der Waals surface area (Å²) in [6.07, 6.45) is -3.49. The maximum atomic E-state index is 13.3. The number of nitrogen functional groups attached to an aromatic ring is 1. The number of aromatic nitrogens is 4. The molecule has 1 aromatic carbocycles. The van der Waals surface area contributed by atoms with Gasteiger partial charge in [0, 0.05) is 30.5 Å². The molecule has 0 aliphatic carbocycles. The van der Waals surface area contributed by atoms with E-state index in [4.69, 9.17) is 10.3 Å². The van der Waals surface area contributed by atoms with Gasteiger partial charge in [-0.1, -0.05) is 5.16 Å². The third-order valence-corrected chi connectivity index (χ3v) is 4.52. The fraction of sp³-hybridized carbons (Fsp3) is 0.375. The molecule has 1 aliphatic heterocycles. The molecule has 11 heteroatoms. The third-order valence-electron chi connectivity index (χ3n) is 4.52. The Morgan fingerprint density at radius 3 is 2.56 bits per heavy atom. The van der Waals surface area contributed by atoms with Crippen molar-refractivity contribution >= 4 is 22.9 Å². The molecule has 0 amide bonds. The first-order chi connectivity index (χ1) is 12.8. The normalized spacial score (nSPS) is 16.2. The lowest BCUT2D eigenvalue weighted by Gasteiger charge is -2.31. The van der Waals surface area contributed by atoms with Crippen LogP contribution in [0.5, 0.6) is 0 Å². The van der Waals surface area contributed by atoms with Crippen molar-refractivity contribution in [2.24, 2.45) is 0 Å². The summed E-state index contributed by atoms with van der Waals surface area (Å²) in [5.74, 6) is -2.25. The molecule has 1 saturated heterocycles. The molecule has 0 spiro atoms.